The van der Waals surface area contributed by atoms with Crippen LogP contribution >= 0.6 is 0 Å². The number of aromatic amines is 2. The molecular weight excluding hydrogens is 436 g/mol. The molecule has 2 aromatic carbocycles. The summed E-state index contributed by atoms with van der Waals surface area (Å²) in [7, 11) is 0. The van der Waals surface area contributed by atoms with E-state index in [1.807, 2.05) is 85.4 Å². The molecule has 7 heteroatoms. The molecular formula is C28H26N6O. The highest BCUT2D eigenvalue weighted by atomic mass is 16.2. The first kappa shape index (κ1) is 22.2. The standard InChI is InChI=1S/C26H20N6O.C2H6/c33-25(23-19-11-5-4-8-17(19)14-15-27-23)31-26-29-20-12-6-7-13-21(24(20)30-26)32-22(16-28-32)18-9-2-1-3-10-18;1-2/h1-11,13-16,28H,12H2,(H2,29,30,31,33);1-2H3. The quantitative estimate of drug-likeness (QED) is 0.304. The Balaban J connectivity index is 0.00000124. The summed E-state index contributed by atoms with van der Waals surface area (Å²) in [6.45, 7) is 4.00. The molecule has 0 atom stereocenters. The Hall–Kier alpha value is -4.65. The molecule has 1 amide bonds. The number of rotatable bonds is 4. The van der Waals surface area contributed by atoms with Gasteiger partial charge in [-0.2, -0.15) is 0 Å². The number of benzene rings is 2. The second-order valence-electron chi connectivity index (χ2n) is 7.79. The van der Waals surface area contributed by atoms with Crippen molar-refractivity contribution in [2.24, 2.45) is 0 Å². The van der Waals surface area contributed by atoms with Crippen molar-refractivity contribution in [3.05, 3.63) is 108 Å². The van der Waals surface area contributed by atoms with Crippen LogP contribution in [0.15, 0.2) is 91.3 Å². The van der Waals surface area contributed by atoms with E-state index in [2.05, 4.69) is 38.6 Å². The number of allylic oxidation sites excluding steroid dienone is 3. The van der Waals surface area contributed by atoms with Crippen LogP contribution in [0.25, 0.3) is 27.7 Å². The number of carbonyl (C=O) groups is 1. The number of hydrogen-bond acceptors (Lipinski definition) is 3. The summed E-state index contributed by atoms with van der Waals surface area (Å²) in [5.41, 5.74) is 5.15. The lowest BCUT2D eigenvalue weighted by atomic mass is 10.1. The zero-order valence-corrected chi connectivity index (χ0v) is 19.6. The summed E-state index contributed by atoms with van der Waals surface area (Å²) in [5.74, 6) is 0.0930. The lowest BCUT2D eigenvalue weighted by molar-refractivity contribution is 0.102. The molecule has 3 aromatic heterocycles. The Labute approximate surface area is 203 Å². The van der Waals surface area contributed by atoms with Crippen molar-refractivity contribution in [2.75, 3.05) is 5.32 Å². The fourth-order valence-corrected chi connectivity index (χ4v) is 4.11. The molecule has 3 heterocycles. The fraction of sp³-hybridized carbons (Fsp3) is 0.107. The molecule has 0 fully saturated rings. The van der Waals surface area contributed by atoms with Crippen LogP contribution in [0, 0.1) is 0 Å². The molecule has 0 bridgehead atoms. The van der Waals surface area contributed by atoms with Crippen molar-refractivity contribution in [1.82, 2.24) is 24.7 Å². The molecule has 0 aliphatic heterocycles. The molecule has 0 radical (unpaired) electrons. The van der Waals surface area contributed by atoms with Crippen molar-refractivity contribution < 1.29 is 4.79 Å². The molecule has 0 spiro atoms. The maximum absolute atomic E-state index is 13.0. The van der Waals surface area contributed by atoms with E-state index in [-0.39, 0.29) is 5.91 Å². The first-order valence-corrected chi connectivity index (χ1v) is 11.7. The van der Waals surface area contributed by atoms with Gasteiger partial charge in [0.25, 0.3) is 5.91 Å². The lowest BCUT2D eigenvalue weighted by Crippen LogP contribution is -2.15. The number of amides is 1. The third-order valence-electron chi connectivity index (χ3n) is 5.74. The predicted molar refractivity (Wildman–Crippen MR) is 140 cm³/mol. The number of anilines is 1. The first-order chi connectivity index (χ1) is 17.3. The zero-order valence-electron chi connectivity index (χ0n) is 19.6. The molecule has 6 rings (SSSR count). The largest absolute Gasteiger partial charge is 0.327 e. The van der Waals surface area contributed by atoms with Crippen molar-refractivity contribution >= 4 is 28.3 Å². The molecule has 0 unspecified atom stereocenters. The molecule has 174 valence electrons. The second kappa shape index (κ2) is 9.69. The maximum Gasteiger partial charge on any atom is 0.277 e. The molecule has 1 aliphatic carbocycles. The van der Waals surface area contributed by atoms with Gasteiger partial charge in [0.1, 0.15) is 11.4 Å². The number of H-pyrrole nitrogens is 2. The minimum absolute atomic E-state index is 0.302. The number of nitrogens with one attached hydrogen (secondary N) is 3. The van der Waals surface area contributed by atoms with E-state index in [4.69, 9.17) is 4.98 Å². The summed E-state index contributed by atoms with van der Waals surface area (Å²) in [6.07, 6.45) is 10.4. The van der Waals surface area contributed by atoms with E-state index in [0.717, 1.165) is 39.1 Å². The van der Waals surface area contributed by atoms with Gasteiger partial charge in [-0.25, -0.2) is 4.98 Å². The average molecular weight is 463 g/mol. The Morgan fingerprint density at radius 2 is 1.83 bits per heavy atom. The number of pyridine rings is 1. The molecule has 35 heavy (non-hydrogen) atoms. The molecule has 3 N–H and O–H groups in total. The van der Waals surface area contributed by atoms with Gasteiger partial charge in [0.05, 0.1) is 11.4 Å². The number of hydrogen-bond donors (Lipinski definition) is 3. The SMILES string of the molecule is CC.O=C(Nc1nc2c([nH]1)CC=CC=C2n1[nH]cc1-c1ccccc1)c1nccc2ccccc12. The Kier molecular flexibility index (Phi) is 6.13. The van der Waals surface area contributed by atoms with Crippen LogP contribution in [0.5, 0.6) is 0 Å². The second-order valence-corrected chi connectivity index (χ2v) is 7.79. The minimum atomic E-state index is -0.302. The van der Waals surface area contributed by atoms with E-state index < -0.39 is 0 Å². The van der Waals surface area contributed by atoms with Crippen molar-refractivity contribution in [2.45, 2.75) is 20.3 Å². The normalized spacial score (nSPS) is 12.3. The zero-order chi connectivity index (χ0) is 24.2. The van der Waals surface area contributed by atoms with Crippen LogP contribution in [0.2, 0.25) is 0 Å². The molecule has 0 saturated carbocycles. The van der Waals surface area contributed by atoms with Crippen LogP contribution in [0.1, 0.15) is 35.7 Å². The van der Waals surface area contributed by atoms with Crippen molar-refractivity contribution in [3.63, 3.8) is 0 Å². The van der Waals surface area contributed by atoms with Crippen LogP contribution in [0.4, 0.5) is 5.95 Å². The number of nitrogens with zero attached hydrogens (tertiary/aromatic N) is 3. The highest BCUT2D eigenvalue weighted by Crippen LogP contribution is 2.30. The minimum Gasteiger partial charge on any atom is -0.327 e. The van der Waals surface area contributed by atoms with Crippen LogP contribution < -0.4 is 5.32 Å². The van der Waals surface area contributed by atoms with Gasteiger partial charge in [-0.1, -0.05) is 80.6 Å². The van der Waals surface area contributed by atoms with Crippen molar-refractivity contribution in [1.29, 1.82) is 0 Å². The van der Waals surface area contributed by atoms with E-state index in [1.165, 1.54) is 0 Å². The Morgan fingerprint density at radius 3 is 2.63 bits per heavy atom. The van der Waals surface area contributed by atoms with Crippen LogP contribution in [-0.4, -0.2) is 30.6 Å². The van der Waals surface area contributed by atoms with Crippen LogP contribution in [-0.2, 0) is 6.42 Å². The smallest absolute Gasteiger partial charge is 0.277 e. The summed E-state index contributed by atoms with van der Waals surface area (Å²) in [5, 5.41) is 7.91. The molecule has 0 saturated heterocycles. The summed E-state index contributed by atoms with van der Waals surface area (Å²) >= 11 is 0. The lowest BCUT2D eigenvalue weighted by Gasteiger charge is -2.19. The maximum atomic E-state index is 13.0. The fourth-order valence-electron chi connectivity index (χ4n) is 4.11. The monoisotopic (exact) mass is 462 g/mol. The van der Waals surface area contributed by atoms with Gasteiger partial charge in [-0.05, 0) is 17.5 Å². The van der Waals surface area contributed by atoms with Crippen molar-refractivity contribution in [3.8, 4) is 11.3 Å². The first-order valence-electron chi connectivity index (χ1n) is 11.7. The van der Waals surface area contributed by atoms with Gasteiger partial charge < -0.3 is 4.98 Å². The topological polar surface area (TPSA) is 91.4 Å². The van der Waals surface area contributed by atoms with Gasteiger partial charge >= 0.3 is 0 Å². The van der Waals surface area contributed by atoms with Gasteiger partial charge in [0, 0.05) is 35.5 Å². The van der Waals surface area contributed by atoms with E-state index >= 15 is 0 Å². The summed E-state index contributed by atoms with van der Waals surface area (Å²) < 4.78 is 2.00. The number of fused-ring (bicyclic) bond motifs is 2. The Bertz CT molecular complexity index is 1530. The predicted octanol–water partition coefficient (Wildman–Crippen LogP) is 6.03. The molecule has 7 nitrogen and oxygen atoms in total. The average Bonchev–Trinajstić information content (AvgIpc) is 3.19. The summed E-state index contributed by atoms with van der Waals surface area (Å²) in [6, 6.07) is 19.8. The number of aromatic nitrogens is 5. The number of imidazole rings is 1. The molecule has 5 aromatic rings. The van der Waals surface area contributed by atoms with E-state index in [1.54, 1.807) is 6.20 Å². The summed E-state index contributed by atoms with van der Waals surface area (Å²) in [4.78, 5) is 25.4. The van der Waals surface area contributed by atoms with E-state index in [0.29, 0.717) is 18.1 Å². The van der Waals surface area contributed by atoms with Gasteiger partial charge in [-0.15, -0.1) is 0 Å². The third kappa shape index (κ3) is 4.19. The van der Waals surface area contributed by atoms with Gasteiger partial charge in [0.2, 0.25) is 5.95 Å². The highest BCUT2D eigenvalue weighted by Gasteiger charge is 2.22. The van der Waals surface area contributed by atoms with Crippen LogP contribution in [0.3, 0.4) is 0 Å². The third-order valence-corrected chi connectivity index (χ3v) is 5.74. The van der Waals surface area contributed by atoms with Gasteiger partial charge in [0.15, 0.2) is 0 Å². The highest BCUT2D eigenvalue weighted by molar-refractivity contribution is 6.10. The number of carbonyl (C=O) groups excluding carboxylic acids is 1. The van der Waals surface area contributed by atoms with Gasteiger partial charge in [-0.3, -0.25) is 24.9 Å². The van der Waals surface area contributed by atoms with E-state index in [9.17, 15) is 4.79 Å². The molecule has 1 aliphatic rings. The Morgan fingerprint density at radius 1 is 1.03 bits per heavy atom.